The maximum atomic E-state index is 12.1. The standard InChI is InChI=1S/C12H15F3N2O2/c1-17(6-5-12(13,14)15)8-3-4-9(10(16)7-8)11(18)19-2/h3-4,7H,5-6,16H2,1-2H3. The summed E-state index contributed by atoms with van der Waals surface area (Å²) in [5.41, 5.74) is 6.54. The molecule has 1 rings (SSSR count). The smallest absolute Gasteiger partial charge is 0.390 e. The monoisotopic (exact) mass is 276 g/mol. The van der Waals surface area contributed by atoms with Crippen LogP contribution in [-0.4, -0.2) is 32.8 Å². The van der Waals surface area contributed by atoms with Gasteiger partial charge >= 0.3 is 12.1 Å². The Morgan fingerprint density at radius 1 is 1.42 bits per heavy atom. The number of benzene rings is 1. The summed E-state index contributed by atoms with van der Waals surface area (Å²) >= 11 is 0. The summed E-state index contributed by atoms with van der Waals surface area (Å²) in [6.45, 7) is -0.180. The van der Waals surface area contributed by atoms with E-state index in [4.69, 9.17) is 5.73 Å². The van der Waals surface area contributed by atoms with Crippen molar-refractivity contribution in [3.8, 4) is 0 Å². The summed E-state index contributed by atoms with van der Waals surface area (Å²) in [7, 11) is 2.75. The van der Waals surface area contributed by atoms with Gasteiger partial charge < -0.3 is 15.4 Å². The Hall–Kier alpha value is -1.92. The fraction of sp³-hybridized carbons (Fsp3) is 0.417. The summed E-state index contributed by atoms with van der Waals surface area (Å²) in [5, 5.41) is 0. The molecule has 0 aliphatic heterocycles. The number of nitrogens with two attached hydrogens (primary N) is 1. The minimum Gasteiger partial charge on any atom is -0.465 e. The first-order chi connectivity index (χ1) is 8.74. The number of alkyl halides is 3. The summed E-state index contributed by atoms with van der Waals surface area (Å²) in [6.07, 6.45) is -5.12. The van der Waals surface area contributed by atoms with Crippen molar-refractivity contribution in [3.05, 3.63) is 23.8 Å². The fourth-order valence-electron chi connectivity index (χ4n) is 1.51. The van der Waals surface area contributed by atoms with Gasteiger partial charge in [0.2, 0.25) is 0 Å². The van der Waals surface area contributed by atoms with Gasteiger partial charge in [0.25, 0.3) is 0 Å². The molecule has 19 heavy (non-hydrogen) atoms. The third-order valence-corrected chi connectivity index (χ3v) is 2.61. The average Bonchev–Trinajstić information content (AvgIpc) is 2.34. The molecular weight excluding hydrogens is 261 g/mol. The summed E-state index contributed by atoms with van der Waals surface area (Å²) in [6, 6.07) is 4.40. The second kappa shape index (κ2) is 5.81. The van der Waals surface area contributed by atoms with Crippen LogP contribution in [0, 0.1) is 0 Å². The van der Waals surface area contributed by atoms with Crippen LogP contribution < -0.4 is 10.6 Å². The van der Waals surface area contributed by atoms with E-state index in [2.05, 4.69) is 4.74 Å². The van der Waals surface area contributed by atoms with Crippen LogP contribution in [0.3, 0.4) is 0 Å². The van der Waals surface area contributed by atoms with Crippen LogP contribution >= 0.6 is 0 Å². The van der Waals surface area contributed by atoms with E-state index in [1.165, 1.54) is 37.3 Å². The Kier molecular flexibility index (Phi) is 4.63. The second-order valence-electron chi connectivity index (χ2n) is 4.05. The average molecular weight is 276 g/mol. The molecule has 0 saturated heterocycles. The number of anilines is 2. The van der Waals surface area contributed by atoms with Gasteiger partial charge in [0.1, 0.15) is 0 Å². The SMILES string of the molecule is COC(=O)c1ccc(N(C)CCC(F)(F)F)cc1N. The number of esters is 1. The topological polar surface area (TPSA) is 55.6 Å². The quantitative estimate of drug-likeness (QED) is 0.678. The lowest BCUT2D eigenvalue weighted by atomic mass is 10.1. The van der Waals surface area contributed by atoms with Gasteiger partial charge in [-0.1, -0.05) is 0 Å². The summed E-state index contributed by atoms with van der Waals surface area (Å²) in [5.74, 6) is -0.581. The second-order valence-corrected chi connectivity index (χ2v) is 4.05. The summed E-state index contributed by atoms with van der Waals surface area (Å²) in [4.78, 5) is 12.7. The van der Waals surface area contributed by atoms with Gasteiger partial charge in [-0.3, -0.25) is 0 Å². The first-order valence-corrected chi connectivity index (χ1v) is 5.50. The molecule has 7 heteroatoms. The van der Waals surface area contributed by atoms with Crippen molar-refractivity contribution in [2.45, 2.75) is 12.6 Å². The predicted molar refractivity (Wildman–Crippen MR) is 66.1 cm³/mol. The van der Waals surface area contributed by atoms with Crippen LogP contribution in [0.15, 0.2) is 18.2 Å². The number of methoxy groups -OCH3 is 1. The number of halogens is 3. The molecule has 1 aromatic rings. The molecule has 0 fully saturated rings. The van der Waals surface area contributed by atoms with Gasteiger partial charge in [0.05, 0.1) is 19.1 Å². The highest BCUT2D eigenvalue weighted by Crippen LogP contribution is 2.24. The number of nitrogens with zero attached hydrogens (tertiary/aromatic N) is 1. The van der Waals surface area contributed by atoms with Gasteiger partial charge in [-0.2, -0.15) is 13.2 Å². The number of ether oxygens (including phenoxy) is 1. The van der Waals surface area contributed by atoms with E-state index >= 15 is 0 Å². The van der Waals surface area contributed by atoms with Crippen LogP contribution in [0.5, 0.6) is 0 Å². The van der Waals surface area contributed by atoms with Crippen molar-refractivity contribution in [1.29, 1.82) is 0 Å². The molecular formula is C12H15F3N2O2. The van der Waals surface area contributed by atoms with E-state index in [-0.39, 0.29) is 17.8 Å². The van der Waals surface area contributed by atoms with E-state index in [1.54, 1.807) is 0 Å². The molecule has 106 valence electrons. The molecule has 0 atom stereocenters. The zero-order valence-electron chi connectivity index (χ0n) is 10.6. The van der Waals surface area contributed by atoms with E-state index < -0.39 is 18.6 Å². The minimum absolute atomic E-state index is 0.170. The normalized spacial score (nSPS) is 11.2. The van der Waals surface area contributed by atoms with E-state index in [9.17, 15) is 18.0 Å². The third kappa shape index (κ3) is 4.35. The minimum atomic E-state index is -4.20. The molecule has 1 aromatic carbocycles. The van der Waals surface area contributed by atoms with E-state index in [0.717, 1.165) is 0 Å². The maximum absolute atomic E-state index is 12.1. The molecule has 0 spiro atoms. The molecule has 0 aromatic heterocycles. The van der Waals surface area contributed by atoms with Crippen molar-refractivity contribution < 1.29 is 22.7 Å². The number of carbonyl (C=O) groups excluding carboxylic acids is 1. The molecule has 0 heterocycles. The Bertz CT molecular complexity index is 461. The lowest BCUT2D eigenvalue weighted by Gasteiger charge is -2.21. The Labute approximate surface area is 108 Å². The molecule has 0 unspecified atom stereocenters. The Morgan fingerprint density at radius 3 is 2.53 bits per heavy atom. The number of hydrogen-bond acceptors (Lipinski definition) is 4. The zero-order valence-corrected chi connectivity index (χ0v) is 10.6. The maximum Gasteiger partial charge on any atom is 0.390 e. The van der Waals surface area contributed by atoms with Crippen molar-refractivity contribution in [2.24, 2.45) is 0 Å². The molecule has 0 radical (unpaired) electrons. The van der Waals surface area contributed by atoms with Crippen LogP contribution in [0.4, 0.5) is 24.5 Å². The lowest BCUT2D eigenvalue weighted by Crippen LogP contribution is -2.24. The number of nitrogen functional groups attached to an aromatic ring is 1. The van der Waals surface area contributed by atoms with Crippen molar-refractivity contribution >= 4 is 17.3 Å². The Balaban J connectivity index is 2.80. The van der Waals surface area contributed by atoms with Gasteiger partial charge in [0.15, 0.2) is 0 Å². The molecule has 2 N–H and O–H groups in total. The number of carbonyl (C=O) groups is 1. The van der Waals surface area contributed by atoms with E-state index in [0.29, 0.717) is 5.69 Å². The van der Waals surface area contributed by atoms with Gasteiger partial charge in [-0.15, -0.1) is 0 Å². The van der Waals surface area contributed by atoms with Crippen molar-refractivity contribution in [3.63, 3.8) is 0 Å². The first-order valence-electron chi connectivity index (χ1n) is 5.50. The first kappa shape index (κ1) is 15.1. The van der Waals surface area contributed by atoms with Crippen molar-refractivity contribution in [1.82, 2.24) is 0 Å². The fourth-order valence-corrected chi connectivity index (χ4v) is 1.51. The highest BCUT2D eigenvalue weighted by molar-refractivity contribution is 5.95. The van der Waals surface area contributed by atoms with Crippen LogP contribution in [0.2, 0.25) is 0 Å². The molecule has 0 saturated carbocycles. The molecule has 0 bridgehead atoms. The Morgan fingerprint density at radius 2 is 2.05 bits per heavy atom. The number of hydrogen-bond donors (Lipinski definition) is 1. The zero-order chi connectivity index (χ0) is 14.6. The van der Waals surface area contributed by atoms with Gasteiger partial charge in [0, 0.05) is 25.0 Å². The lowest BCUT2D eigenvalue weighted by molar-refractivity contribution is -0.132. The van der Waals surface area contributed by atoms with Crippen molar-refractivity contribution in [2.75, 3.05) is 31.3 Å². The number of rotatable bonds is 4. The van der Waals surface area contributed by atoms with Crippen LogP contribution in [-0.2, 0) is 4.74 Å². The van der Waals surface area contributed by atoms with Crippen LogP contribution in [0.1, 0.15) is 16.8 Å². The highest BCUT2D eigenvalue weighted by Gasteiger charge is 2.27. The molecule has 0 aliphatic carbocycles. The van der Waals surface area contributed by atoms with Gasteiger partial charge in [-0.25, -0.2) is 4.79 Å². The highest BCUT2D eigenvalue weighted by atomic mass is 19.4. The molecule has 0 amide bonds. The molecule has 0 aliphatic rings. The molecule has 4 nitrogen and oxygen atoms in total. The van der Waals surface area contributed by atoms with Gasteiger partial charge in [-0.05, 0) is 18.2 Å². The predicted octanol–water partition coefficient (Wildman–Crippen LogP) is 2.44. The van der Waals surface area contributed by atoms with Crippen LogP contribution in [0.25, 0.3) is 0 Å². The van der Waals surface area contributed by atoms with E-state index in [1.807, 2.05) is 0 Å². The third-order valence-electron chi connectivity index (χ3n) is 2.61. The largest absolute Gasteiger partial charge is 0.465 e. The summed E-state index contributed by atoms with van der Waals surface area (Å²) < 4.78 is 40.9.